The van der Waals surface area contributed by atoms with Crippen LogP contribution in [-0.2, 0) is 19.9 Å². The summed E-state index contributed by atoms with van der Waals surface area (Å²) in [6.45, 7) is 2.62. The van der Waals surface area contributed by atoms with Crippen LogP contribution >= 0.6 is 27.5 Å². The number of halogens is 2. The molecule has 6 nitrogen and oxygen atoms in total. The Balaban J connectivity index is 1.57. The lowest BCUT2D eigenvalue weighted by Gasteiger charge is -2.36. The van der Waals surface area contributed by atoms with Crippen LogP contribution in [0.4, 0.5) is 11.4 Å². The van der Waals surface area contributed by atoms with Crippen LogP contribution in [0, 0.1) is 18.8 Å². The molecule has 158 valence electrons. The summed E-state index contributed by atoms with van der Waals surface area (Å²) in [7, 11) is 0. The fraction of sp³-hybridized carbons (Fsp3) is 0.348. The largest absolute Gasteiger partial charge is 0.323 e. The van der Waals surface area contributed by atoms with Gasteiger partial charge >= 0.3 is 0 Å². The Morgan fingerprint density at radius 2 is 1.97 bits per heavy atom. The first-order valence-corrected chi connectivity index (χ1v) is 11.6. The molecule has 0 aromatic heterocycles. The van der Waals surface area contributed by atoms with Crippen LogP contribution in [0.3, 0.4) is 0 Å². The minimum absolute atomic E-state index is 0.147. The van der Waals surface area contributed by atoms with Crippen molar-refractivity contribution in [3.63, 3.8) is 0 Å². The van der Waals surface area contributed by atoms with Crippen molar-refractivity contribution in [2.75, 3.05) is 16.8 Å². The maximum absolute atomic E-state index is 13.9. The van der Waals surface area contributed by atoms with E-state index in [4.69, 9.17) is 11.6 Å². The Morgan fingerprint density at radius 1 is 1.16 bits per heavy atom. The number of para-hydroxylation sites is 1. The predicted molar refractivity (Wildman–Crippen MR) is 120 cm³/mol. The van der Waals surface area contributed by atoms with Gasteiger partial charge in [-0.2, -0.15) is 0 Å². The Labute approximate surface area is 192 Å². The molecule has 4 aliphatic rings. The average molecular weight is 501 g/mol. The van der Waals surface area contributed by atoms with E-state index in [0.717, 1.165) is 18.4 Å². The van der Waals surface area contributed by atoms with E-state index >= 15 is 0 Å². The summed E-state index contributed by atoms with van der Waals surface area (Å²) in [6.07, 6.45) is 1.67. The van der Waals surface area contributed by atoms with Gasteiger partial charge in [0.05, 0.1) is 28.2 Å². The molecule has 2 aromatic rings. The number of nitrogens with one attached hydrogen (secondary N) is 1. The number of rotatable bonds is 1. The highest BCUT2D eigenvalue weighted by molar-refractivity contribution is 9.10. The molecule has 4 atom stereocenters. The van der Waals surface area contributed by atoms with Gasteiger partial charge in [0.2, 0.25) is 11.8 Å². The van der Waals surface area contributed by atoms with Crippen LogP contribution in [-0.4, -0.2) is 35.2 Å². The minimum Gasteiger partial charge on any atom is -0.323 e. The Hall–Kier alpha value is -2.22. The lowest BCUT2D eigenvalue weighted by molar-refractivity contribution is -0.135. The van der Waals surface area contributed by atoms with Gasteiger partial charge in [0, 0.05) is 16.1 Å². The highest BCUT2D eigenvalue weighted by atomic mass is 79.9. The van der Waals surface area contributed by atoms with Crippen molar-refractivity contribution in [1.82, 2.24) is 4.90 Å². The molecule has 4 unspecified atom stereocenters. The van der Waals surface area contributed by atoms with E-state index in [1.54, 1.807) is 18.2 Å². The van der Waals surface area contributed by atoms with Crippen molar-refractivity contribution in [2.24, 2.45) is 11.8 Å². The van der Waals surface area contributed by atoms with E-state index in [-0.39, 0.29) is 23.8 Å². The molecular weight excluding hydrogens is 482 g/mol. The van der Waals surface area contributed by atoms with Gasteiger partial charge in [-0.3, -0.25) is 19.3 Å². The normalized spacial score (nSPS) is 31.4. The van der Waals surface area contributed by atoms with Crippen molar-refractivity contribution in [2.45, 2.75) is 31.3 Å². The maximum Gasteiger partial charge on any atom is 0.250 e. The zero-order chi connectivity index (χ0) is 21.7. The van der Waals surface area contributed by atoms with Gasteiger partial charge in [0.15, 0.2) is 0 Å². The first kappa shape index (κ1) is 19.5. The molecule has 0 aliphatic carbocycles. The molecule has 0 radical (unpaired) electrons. The molecule has 8 heteroatoms. The van der Waals surface area contributed by atoms with Crippen molar-refractivity contribution in [3.8, 4) is 0 Å². The van der Waals surface area contributed by atoms with Crippen molar-refractivity contribution < 1.29 is 14.4 Å². The predicted octanol–water partition coefficient (Wildman–Crippen LogP) is 3.84. The Morgan fingerprint density at radius 3 is 2.74 bits per heavy atom. The Bertz CT molecular complexity index is 1200. The molecular formula is C23H19BrClN3O3. The average Bonchev–Trinajstić information content (AvgIpc) is 3.42. The van der Waals surface area contributed by atoms with Crippen LogP contribution in [0.25, 0.3) is 0 Å². The second-order valence-corrected chi connectivity index (χ2v) is 10.0. The van der Waals surface area contributed by atoms with Gasteiger partial charge in [-0.05, 0) is 66.0 Å². The summed E-state index contributed by atoms with van der Waals surface area (Å²) in [6, 6.07) is 10.8. The number of aryl methyl sites for hydroxylation is 1. The smallest absolute Gasteiger partial charge is 0.250 e. The van der Waals surface area contributed by atoms with E-state index in [2.05, 4.69) is 26.1 Å². The first-order valence-electron chi connectivity index (χ1n) is 10.4. The van der Waals surface area contributed by atoms with Gasteiger partial charge in [-0.15, -0.1) is 0 Å². The van der Waals surface area contributed by atoms with Gasteiger partial charge in [-0.25, -0.2) is 4.90 Å². The fourth-order valence-corrected chi connectivity index (χ4v) is 7.12. The number of hydrogen-bond acceptors (Lipinski definition) is 4. The molecule has 3 fully saturated rings. The van der Waals surface area contributed by atoms with Gasteiger partial charge in [-0.1, -0.05) is 29.8 Å². The zero-order valence-corrected chi connectivity index (χ0v) is 19.0. The highest BCUT2D eigenvalue weighted by Gasteiger charge is 2.74. The number of carbonyl (C=O) groups is 3. The molecule has 1 spiro atoms. The molecule has 0 bridgehead atoms. The lowest BCUT2D eigenvalue weighted by Crippen LogP contribution is -2.54. The molecule has 0 saturated carbocycles. The third kappa shape index (κ3) is 2.24. The molecule has 1 N–H and O–H groups in total. The zero-order valence-electron chi connectivity index (χ0n) is 16.7. The topological polar surface area (TPSA) is 69.7 Å². The number of hydrogen-bond donors (Lipinski definition) is 1. The summed E-state index contributed by atoms with van der Waals surface area (Å²) in [4.78, 5) is 44.6. The van der Waals surface area contributed by atoms with Gasteiger partial charge in [0.25, 0.3) is 5.91 Å². The monoisotopic (exact) mass is 499 g/mol. The number of amides is 3. The standard InChI is InChI=1S/C23H19BrClN3O3/c1-11-7-8-15(13(24)10-11)28-20(29)17-16-6-3-9-27(16)23(18(17)21(28)30)12-4-2-5-14(25)19(12)26-22(23)31/h2,4-5,7-8,10,16-18H,3,6,9H2,1H3,(H,26,31). The van der Waals surface area contributed by atoms with Crippen LogP contribution < -0.4 is 10.2 Å². The van der Waals surface area contributed by atoms with Crippen LogP contribution in [0.5, 0.6) is 0 Å². The molecule has 4 heterocycles. The van der Waals surface area contributed by atoms with Crippen LogP contribution in [0.2, 0.25) is 5.02 Å². The SMILES string of the molecule is Cc1ccc(N2C(=O)C3C4CCCN4C4(C(=O)Nc5c(Cl)cccc54)C3C2=O)c(Br)c1. The molecule has 6 rings (SSSR count). The number of carbonyl (C=O) groups excluding carboxylic acids is 3. The van der Waals surface area contributed by atoms with Crippen molar-refractivity contribution in [3.05, 3.63) is 57.0 Å². The molecule has 2 aromatic carbocycles. The van der Waals surface area contributed by atoms with Gasteiger partial charge < -0.3 is 5.32 Å². The summed E-state index contributed by atoms with van der Waals surface area (Å²) in [5.41, 5.74) is 1.60. The number of benzene rings is 2. The number of anilines is 2. The summed E-state index contributed by atoms with van der Waals surface area (Å²) >= 11 is 9.92. The molecule has 31 heavy (non-hydrogen) atoms. The molecule has 3 saturated heterocycles. The van der Waals surface area contributed by atoms with Crippen LogP contribution in [0.15, 0.2) is 40.9 Å². The second-order valence-electron chi connectivity index (χ2n) is 8.76. The maximum atomic E-state index is 13.9. The van der Waals surface area contributed by atoms with Crippen molar-refractivity contribution in [1.29, 1.82) is 0 Å². The summed E-state index contributed by atoms with van der Waals surface area (Å²) in [5, 5.41) is 3.37. The number of nitrogens with zero attached hydrogens (tertiary/aromatic N) is 2. The minimum atomic E-state index is -1.20. The van der Waals surface area contributed by atoms with Gasteiger partial charge in [0.1, 0.15) is 5.54 Å². The molecule has 4 aliphatic heterocycles. The summed E-state index contributed by atoms with van der Waals surface area (Å²) < 4.78 is 0.686. The van der Waals surface area contributed by atoms with E-state index in [0.29, 0.717) is 33.0 Å². The summed E-state index contributed by atoms with van der Waals surface area (Å²) in [5.74, 6) is -2.15. The molecule has 3 amide bonds. The third-order valence-corrected chi connectivity index (χ3v) is 8.27. The first-order chi connectivity index (χ1) is 14.9. The van der Waals surface area contributed by atoms with E-state index in [1.165, 1.54) is 4.90 Å². The second kappa shape index (κ2) is 6.40. The Kier molecular flexibility index (Phi) is 4.02. The fourth-order valence-electron chi connectivity index (χ4n) is 6.23. The number of imide groups is 1. The lowest BCUT2D eigenvalue weighted by atomic mass is 9.75. The van der Waals surface area contributed by atoms with Crippen LogP contribution in [0.1, 0.15) is 24.0 Å². The third-order valence-electron chi connectivity index (χ3n) is 7.32. The highest BCUT2D eigenvalue weighted by Crippen LogP contribution is 2.61. The number of fused-ring (bicyclic) bond motifs is 7. The quantitative estimate of drug-likeness (QED) is 0.604. The van der Waals surface area contributed by atoms with E-state index in [1.807, 2.05) is 25.1 Å². The van der Waals surface area contributed by atoms with Crippen molar-refractivity contribution >= 4 is 56.6 Å². The van der Waals surface area contributed by atoms with E-state index in [9.17, 15) is 14.4 Å². The van der Waals surface area contributed by atoms with E-state index < -0.39 is 17.4 Å².